The highest BCUT2D eigenvalue weighted by molar-refractivity contribution is 7.80. The maximum atomic E-state index is 11.9. The third-order valence-electron chi connectivity index (χ3n) is 2.76. The Labute approximate surface area is 154 Å². The molecule has 2 aromatic carbocycles. The minimum absolute atomic E-state index is 0.0915. The maximum Gasteiger partial charge on any atom is 0.250 e. The Bertz CT molecular complexity index is 757. The van der Waals surface area contributed by atoms with Crippen LogP contribution in [0.4, 0.5) is 5.69 Å². The zero-order valence-corrected chi connectivity index (χ0v) is 14.7. The van der Waals surface area contributed by atoms with Crippen molar-refractivity contribution in [2.75, 3.05) is 5.32 Å². The van der Waals surface area contributed by atoms with Crippen LogP contribution in [0.25, 0.3) is 6.08 Å². The molecule has 0 spiro atoms. The lowest BCUT2D eigenvalue weighted by Gasteiger charge is -2.11. The molecule has 0 radical (unpaired) electrons. The van der Waals surface area contributed by atoms with Crippen molar-refractivity contribution in [2.24, 2.45) is 0 Å². The first-order chi connectivity index (χ1) is 11.0. The second kappa shape index (κ2) is 8.31. The van der Waals surface area contributed by atoms with Gasteiger partial charge < -0.3 is 5.32 Å². The molecule has 0 bridgehead atoms. The van der Waals surface area contributed by atoms with Crippen LogP contribution in [0.3, 0.4) is 0 Å². The van der Waals surface area contributed by atoms with Gasteiger partial charge in [-0.05, 0) is 42.1 Å². The van der Waals surface area contributed by atoms with Crippen molar-refractivity contribution in [3.8, 4) is 0 Å². The molecule has 0 unspecified atom stereocenters. The SMILES string of the molecule is O=C(/C=C/c1ccccc1Cl)NC(=S)Nc1c(Cl)cccc1Cl. The highest BCUT2D eigenvalue weighted by Gasteiger charge is 2.08. The van der Waals surface area contributed by atoms with E-state index in [9.17, 15) is 4.79 Å². The van der Waals surface area contributed by atoms with Crippen LogP contribution in [-0.4, -0.2) is 11.0 Å². The van der Waals surface area contributed by atoms with E-state index in [2.05, 4.69) is 10.6 Å². The molecule has 0 aromatic heterocycles. The van der Waals surface area contributed by atoms with Crippen LogP contribution in [-0.2, 0) is 4.79 Å². The van der Waals surface area contributed by atoms with Gasteiger partial charge >= 0.3 is 0 Å². The van der Waals surface area contributed by atoms with Gasteiger partial charge in [0, 0.05) is 11.1 Å². The van der Waals surface area contributed by atoms with Gasteiger partial charge in [0.2, 0.25) is 5.91 Å². The van der Waals surface area contributed by atoms with E-state index in [-0.39, 0.29) is 5.11 Å². The summed E-state index contributed by atoms with van der Waals surface area (Å²) in [5.41, 5.74) is 1.17. The summed E-state index contributed by atoms with van der Waals surface area (Å²) in [5, 5.41) is 6.76. The Morgan fingerprint density at radius 1 is 0.957 bits per heavy atom. The molecule has 23 heavy (non-hydrogen) atoms. The highest BCUT2D eigenvalue weighted by atomic mass is 35.5. The number of hydrogen-bond acceptors (Lipinski definition) is 2. The molecule has 2 rings (SSSR count). The van der Waals surface area contributed by atoms with Gasteiger partial charge in [0.1, 0.15) is 0 Å². The lowest BCUT2D eigenvalue weighted by molar-refractivity contribution is -0.115. The summed E-state index contributed by atoms with van der Waals surface area (Å²) in [7, 11) is 0. The number of carbonyl (C=O) groups is 1. The monoisotopic (exact) mass is 384 g/mol. The predicted molar refractivity (Wildman–Crippen MR) is 101 cm³/mol. The molecule has 0 heterocycles. The van der Waals surface area contributed by atoms with Gasteiger partial charge in [-0.25, -0.2) is 0 Å². The number of hydrogen-bond donors (Lipinski definition) is 2. The van der Waals surface area contributed by atoms with E-state index in [0.29, 0.717) is 20.8 Å². The lowest BCUT2D eigenvalue weighted by Crippen LogP contribution is -2.33. The van der Waals surface area contributed by atoms with Crippen molar-refractivity contribution in [1.82, 2.24) is 5.32 Å². The van der Waals surface area contributed by atoms with Crippen LogP contribution in [0.2, 0.25) is 15.1 Å². The smallest absolute Gasteiger partial charge is 0.250 e. The largest absolute Gasteiger partial charge is 0.330 e. The third kappa shape index (κ3) is 5.22. The maximum absolute atomic E-state index is 11.9. The van der Waals surface area contributed by atoms with Crippen molar-refractivity contribution in [3.63, 3.8) is 0 Å². The number of rotatable bonds is 3. The normalized spacial score (nSPS) is 10.6. The third-order valence-corrected chi connectivity index (χ3v) is 3.94. The van der Waals surface area contributed by atoms with Crippen molar-refractivity contribution in [1.29, 1.82) is 0 Å². The molecule has 0 aliphatic rings. The molecule has 1 amide bonds. The minimum Gasteiger partial charge on any atom is -0.330 e. The van der Waals surface area contributed by atoms with E-state index < -0.39 is 5.91 Å². The molecule has 0 aliphatic carbocycles. The van der Waals surface area contributed by atoms with E-state index >= 15 is 0 Å². The minimum atomic E-state index is -0.398. The highest BCUT2D eigenvalue weighted by Crippen LogP contribution is 2.29. The van der Waals surface area contributed by atoms with Gasteiger partial charge in [0.05, 0.1) is 15.7 Å². The number of halogens is 3. The molecule has 0 saturated heterocycles. The second-order valence-electron chi connectivity index (χ2n) is 4.39. The molecular formula is C16H11Cl3N2OS. The van der Waals surface area contributed by atoms with Gasteiger partial charge in [0.15, 0.2) is 5.11 Å². The van der Waals surface area contributed by atoms with Crippen LogP contribution >= 0.6 is 47.0 Å². The Morgan fingerprint density at radius 3 is 2.22 bits per heavy atom. The van der Waals surface area contributed by atoms with Gasteiger partial charge in [-0.3, -0.25) is 10.1 Å². The Kier molecular flexibility index (Phi) is 6.42. The number of para-hydroxylation sites is 1. The molecule has 0 fully saturated rings. The van der Waals surface area contributed by atoms with Gasteiger partial charge in [0.25, 0.3) is 0 Å². The number of benzene rings is 2. The molecule has 2 N–H and O–H groups in total. The number of thiocarbonyl (C=S) groups is 1. The van der Waals surface area contributed by atoms with Crippen molar-refractivity contribution in [3.05, 3.63) is 69.2 Å². The molecule has 118 valence electrons. The topological polar surface area (TPSA) is 41.1 Å². The second-order valence-corrected chi connectivity index (χ2v) is 6.02. The molecule has 0 saturated carbocycles. The molecule has 0 atom stereocenters. The summed E-state index contributed by atoms with van der Waals surface area (Å²) in [6.45, 7) is 0. The van der Waals surface area contributed by atoms with Crippen LogP contribution < -0.4 is 10.6 Å². The quantitative estimate of drug-likeness (QED) is 0.565. The van der Waals surface area contributed by atoms with E-state index in [0.717, 1.165) is 5.56 Å². The number of carbonyl (C=O) groups excluding carboxylic acids is 1. The van der Waals surface area contributed by atoms with Gasteiger partial charge in [-0.1, -0.05) is 59.1 Å². The van der Waals surface area contributed by atoms with E-state index in [1.807, 2.05) is 12.1 Å². The zero-order valence-electron chi connectivity index (χ0n) is 11.6. The standard InChI is InChI=1S/C16H11Cl3N2OS/c17-11-5-2-1-4-10(11)8-9-14(22)20-16(23)21-15-12(18)6-3-7-13(15)19/h1-9H,(H2,20,21,22,23)/b9-8+. The van der Waals surface area contributed by atoms with E-state index in [1.165, 1.54) is 6.08 Å². The fourth-order valence-electron chi connectivity index (χ4n) is 1.69. The summed E-state index contributed by atoms with van der Waals surface area (Å²) >= 11 is 23.1. The van der Waals surface area contributed by atoms with Crippen LogP contribution in [0.15, 0.2) is 48.5 Å². The average Bonchev–Trinajstić information content (AvgIpc) is 2.50. The summed E-state index contributed by atoms with van der Waals surface area (Å²) in [5.74, 6) is -0.398. The Balaban J connectivity index is 1.98. The predicted octanol–water partition coefficient (Wildman–Crippen LogP) is 5.17. The summed E-state index contributed by atoms with van der Waals surface area (Å²) in [6, 6.07) is 12.2. The summed E-state index contributed by atoms with van der Waals surface area (Å²) in [4.78, 5) is 11.9. The molecule has 3 nitrogen and oxygen atoms in total. The first-order valence-electron chi connectivity index (χ1n) is 6.46. The zero-order chi connectivity index (χ0) is 16.8. The van der Waals surface area contributed by atoms with Crippen molar-refractivity contribution in [2.45, 2.75) is 0 Å². The fourth-order valence-corrected chi connectivity index (χ4v) is 2.58. The van der Waals surface area contributed by atoms with Crippen molar-refractivity contribution < 1.29 is 4.79 Å². The number of amides is 1. The van der Waals surface area contributed by atoms with Gasteiger partial charge in [-0.15, -0.1) is 0 Å². The molecule has 2 aromatic rings. The summed E-state index contributed by atoms with van der Waals surface area (Å²) in [6.07, 6.45) is 2.94. The Morgan fingerprint density at radius 2 is 1.57 bits per heavy atom. The lowest BCUT2D eigenvalue weighted by atomic mass is 10.2. The molecule has 7 heteroatoms. The first-order valence-corrected chi connectivity index (χ1v) is 8.00. The van der Waals surface area contributed by atoms with Crippen LogP contribution in [0, 0.1) is 0 Å². The Hall–Kier alpha value is -1.59. The van der Waals surface area contributed by atoms with Gasteiger partial charge in [-0.2, -0.15) is 0 Å². The van der Waals surface area contributed by atoms with Crippen LogP contribution in [0.1, 0.15) is 5.56 Å². The molecule has 0 aliphatic heterocycles. The van der Waals surface area contributed by atoms with E-state index in [1.54, 1.807) is 36.4 Å². The van der Waals surface area contributed by atoms with Crippen LogP contribution in [0.5, 0.6) is 0 Å². The van der Waals surface area contributed by atoms with E-state index in [4.69, 9.17) is 47.0 Å². The first kappa shape index (κ1) is 17.8. The molecular weight excluding hydrogens is 375 g/mol. The average molecular weight is 386 g/mol. The fraction of sp³-hybridized carbons (Fsp3) is 0. The number of nitrogens with one attached hydrogen (secondary N) is 2. The summed E-state index contributed by atoms with van der Waals surface area (Å²) < 4.78 is 0. The number of anilines is 1. The van der Waals surface area contributed by atoms with Crippen molar-refractivity contribution >= 4 is 69.8 Å².